The molecule has 0 bridgehead atoms. The van der Waals surface area contributed by atoms with Crippen LogP contribution in [0.2, 0.25) is 0 Å². The Hall–Kier alpha value is -2.76. The Morgan fingerprint density at radius 2 is 1.96 bits per heavy atom. The second kappa shape index (κ2) is 6.03. The zero-order chi connectivity index (χ0) is 16.5. The highest BCUT2D eigenvalue weighted by Gasteiger charge is 2.31. The Balaban J connectivity index is 1.75. The van der Waals surface area contributed by atoms with E-state index >= 15 is 0 Å². The molecule has 4 nitrogen and oxygen atoms in total. The van der Waals surface area contributed by atoms with Crippen LogP contribution in [0.1, 0.15) is 24.4 Å². The van der Waals surface area contributed by atoms with Gasteiger partial charge in [0.25, 0.3) is 0 Å². The lowest BCUT2D eigenvalue weighted by atomic mass is 10.0. The highest BCUT2D eigenvalue weighted by molar-refractivity contribution is 5.48. The Bertz CT molecular complexity index is 847. The first-order valence-electron chi connectivity index (χ1n) is 7.91. The molecule has 1 atom stereocenters. The molecular weight excluding hydrogens is 310 g/mol. The van der Waals surface area contributed by atoms with Gasteiger partial charge in [-0.25, -0.2) is 13.8 Å². The number of rotatable bonds is 3. The lowest BCUT2D eigenvalue weighted by Gasteiger charge is -2.27. The molecule has 0 unspecified atom stereocenters. The first-order chi connectivity index (χ1) is 11.7. The van der Waals surface area contributed by atoms with Gasteiger partial charge < -0.3 is 4.90 Å². The molecular formula is C18H16F2N4. The van der Waals surface area contributed by atoms with E-state index in [0.717, 1.165) is 31.3 Å². The standard InChI is InChI=1S/C18H16F2N4/c19-13-6-7-15(20)14(12-13)16-4-3-11-23(16)18-8-10-22-24(18)17-5-1-2-9-21-17/h1-2,5-10,12,16H,3-4,11H2/t16-/m1/s1. The molecule has 1 fully saturated rings. The smallest absolute Gasteiger partial charge is 0.155 e. The molecule has 0 spiro atoms. The predicted octanol–water partition coefficient (Wildman–Crippen LogP) is 3.89. The molecule has 1 saturated heterocycles. The van der Waals surface area contributed by atoms with Crippen LogP contribution in [0.3, 0.4) is 0 Å². The molecule has 3 aromatic rings. The highest BCUT2D eigenvalue weighted by atomic mass is 19.1. The lowest BCUT2D eigenvalue weighted by Crippen LogP contribution is -2.26. The van der Waals surface area contributed by atoms with Gasteiger partial charge in [-0.1, -0.05) is 6.07 Å². The molecule has 0 aliphatic carbocycles. The minimum absolute atomic E-state index is 0.208. The third-order valence-electron chi connectivity index (χ3n) is 4.35. The van der Waals surface area contributed by atoms with Gasteiger partial charge >= 0.3 is 0 Å². The molecule has 0 saturated carbocycles. The van der Waals surface area contributed by atoms with E-state index < -0.39 is 5.82 Å². The van der Waals surface area contributed by atoms with Crippen LogP contribution in [-0.4, -0.2) is 21.3 Å². The van der Waals surface area contributed by atoms with Crippen LogP contribution in [0.25, 0.3) is 5.82 Å². The third kappa shape index (κ3) is 2.54. The molecule has 1 aliphatic rings. The average molecular weight is 326 g/mol. The van der Waals surface area contributed by atoms with E-state index in [2.05, 4.69) is 15.0 Å². The fraction of sp³-hybridized carbons (Fsp3) is 0.222. The molecule has 1 aromatic carbocycles. The first-order valence-corrected chi connectivity index (χ1v) is 7.91. The number of nitrogens with zero attached hydrogens (tertiary/aromatic N) is 4. The van der Waals surface area contributed by atoms with Crippen LogP contribution >= 0.6 is 0 Å². The molecule has 122 valence electrons. The normalized spacial score (nSPS) is 17.4. The summed E-state index contributed by atoms with van der Waals surface area (Å²) in [7, 11) is 0. The van der Waals surface area contributed by atoms with Gasteiger partial charge in [-0.15, -0.1) is 0 Å². The van der Waals surface area contributed by atoms with E-state index in [9.17, 15) is 8.78 Å². The summed E-state index contributed by atoms with van der Waals surface area (Å²) >= 11 is 0. The summed E-state index contributed by atoms with van der Waals surface area (Å²) in [5.74, 6) is 0.733. The summed E-state index contributed by atoms with van der Waals surface area (Å²) in [5, 5.41) is 4.34. The topological polar surface area (TPSA) is 34.0 Å². The van der Waals surface area contributed by atoms with E-state index in [1.54, 1.807) is 17.1 Å². The SMILES string of the molecule is Fc1ccc(F)c([C@H]2CCCN2c2ccnn2-c2ccccn2)c1. The van der Waals surface area contributed by atoms with Gasteiger partial charge in [-0.05, 0) is 43.2 Å². The van der Waals surface area contributed by atoms with E-state index in [1.807, 2.05) is 24.3 Å². The summed E-state index contributed by atoms with van der Waals surface area (Å²) < 4.78 is 29.6. The van der Waals surface area contributed by atoms with Crippen LogP contribution in [0.4, 0.5) is 14.6 Å². The van der Waals surface area contributed by atoms with Crippen molar-refractivity contribution in [3.05, 3.63) is 72.1 Å². The number of anilines is 1. The maximum atomic E-state index is 14.2. The fourth-order valence-corrected chi connectivity index (χ4v) is 3.30. The van der Waals surface area contributed by atoms with E-state index in [0.29, 0.717) is 11.4 Å². The predicted molar refractivity (Wildman–Crippen MR) is 87.0 cm³/mol. The molecule has 4 rings (SSSR count). The number of halogens is 2. The second-order valence-corrected chi connectivity index (χ2v) is 5.81. The average Bonchev–Trinajstić information content (AvgIpc) is 3.26. The summed E-state index contributed by atoms with van der Waals surface area (Å²) in [5.41, 5.74) is 0.390. The van der Waals surface area contributed by atoms with Crippen LogP contribution in [0, 0.1) is 11.6 Å². The number of hydrogen-bond acceptors (Lipinski definition) is 3. The minimum atomic E-state index is -0.420. The quantitative estimate of drug-likeness (QED) is 0.732. The maximum Gasteiger partial charge on any atom is 0.155 e. The van der Waals surface area contributed by atoms with Crippen LogP contribution in [0.5, 0.6) is 0 Å². The van der Waals surface area contributed by atoms with Gasteiger partial charge in [-0.2, -0.15) is 9.78 Å². The molecule has 6 heteroatoms. The Kier molecular flexibility index (Phi) is 3.72. The molecule has 1 aliphatic heterocycles. The van der Waals surface area contributed by atoms with Crippen molar-refractivity contribution in [2.75, 3.05) is 11.4 Å². The van der Waals surface area contributed by atoms with Crippen molar-refractivity contribution in [2.24, 2.45) is 0 Å². The number of pyridine rings is 1. The van der Waals surface area contributed by atoms with Crippen LogP contribution in [0.15, 0.2) is 54.9 Å². The molecule has 3 heterocycles. The van der Waals surface area contributed by atoms with Gasteiger partial charge in [-0.3, -0.25) is 0 Å². The Morgan fingerprint density at radius 3 is 2.79 bits per heavy atom. The molecule has 2 aromatic heterocycles. The van der Waals surface area contributed by atoms with Gasteiger partial charge in [0.05, 0.1) is 12.2 Å². The van der Waals surface area contributed by atoms with E-state index in [1.165, 1.54) is 12.1 Å². The van der Waals surface area contributed by atoms with Crippen molar-refractivity contribution in [1.29, 1.82) is 0 Å². The van der Waals surface area contributed by atoms with Crippen molar-refractivity contribution in [3.63, 3.8) is 0 Å². The lowest BCUT2D eigenvalue weighted by molar-refractivity contribution is 0.558. The van der Waals surface area contributed by atoms with Gasteiger partial charge in [0.2, 0.25) is 0 Å². The van der Waals surface area contributed by atoms with Gasteiger partial charge in [0.1, 0.15) is 17.5 Å². The van der Waals surface area contributed by atoms with Crippen molar-refractivity contribution in [2.45, 2.75) is 18.9 Å². The summed E-state index contributed by atoms with van der Waals surface area (Å²) in [6.07, 6.45) is 5.08. The zero-order valence-corrected chi connectivity index (χ0v) is 12.9. The molecule has 0 amide bonds. The molecule has 0 N–H and O–H groups in total. The van der Waals surface area contributed by atoms with Gasteiger partial charge in [0, 0.05) is 24.4 Å². The van der Waals surface area contributed by atoms with Crippen molar-refractivity contribution < 1.29 is 8.78 Å². The van der Waals surface area contributed by atoms with E-state index in [4.69, 9.17) is 0 Å². The summed E-state index contributed by atoms with van der Waals surface area (Å²) in [4.78, 5) is 6.39. The van der Waals surface area contributed by atoms with Crippen molar-refractivity contribution in [1.82, 2.24) is 14.8 Å². The van der Waals surface area contributed by atoms with E-state index in [-0.39, 0.29) is 11.9 Å². The molecule has 24 heavy (non-hydrogen) atoms. The first kappa shape index (κ1) is 14.8. The Morgan fingerprint density at radius 1 is 1.04 bits per heavy atom. The molecule has 0 radical (unpaired) electrons. The van der Waals surface area contributed by atoms with Crippen LogP contribution < -0.4 is 4.90 Å². The zero-order valence-electron chi connectivity index (χ0n) is 12.9. The third-order valence-corrected chi connectivity index (χ3v) is 4.35. The van der Waals surface area contributed by atoms with Crippen molar-refractivity contribution in [3.8, 4) is 5.82 Å². The highest BCUT2D eigenvalue weighted by Crippen LogP contribution is 2.37. The Labute approximate surface area is 138 Å². The van der Waals surface area contributed by atoms with Crippen LogP contribution in [-0.2, 0) is 0 Å². The largest absolute Gasteiger partial charge is 0.349 e. The summed E-state index contributed by atoms with van der Waals surface area (Å²) in [6.45, 7) is 0.763. The number of benzene rings is 1. The monoisotopic (exact) mass is 326 g/mol. The minimum Gasteiger partial charge on any atom is -0.349 e. The second-order valence-electron chi connectivity index (χ2n) is 5.81. The number of aromatic nitrogens is 3. The number of hydrogen-bond donors (Lipinski definition) is 0. The maximum absolute atomic E-state index is 14.2. The summed E-state index contributed by atoms with van der Waals surface area (Å²) in [6, 6.07) is 10.9. The fourth-order valence-electron chi connectivity index (χ4n) is 3.30. The van der Waals surface area contributed by atoms with Crippen molar-refractivity contribution >= 4 is 5.82 Å². The van der Waals surface area contributed by atoms with Gasteiger partial charge in [0.15, 0.2) is 5.82 Å².